The van der Waals surface area contributed by atoms with E-state index in [1.165, 1.54) is 64.4 Å². The zero-order valence-electron chi connectivity index (χ0n) is 28.9. The lowest BCUT2D eigenvalue weighted by Crippen LogP contribution is -2.28. The Hall–Kier alpha value is -3.95. The van der Waals surface area contributed by atoms with E-state index in [4.69, 9.17) is 0 Å². The SMILES string of the molecule is CN=C(/C=C/c1c(C)n(CCSSCCn2c(C)c(/C=C/c3sc4ccccc4[n+]3C)c3ccccc32)c2ccccc12)Sc1ccccc1. The van der Waals surface area contributed by atoms with Gasteiger partial charge in [0.25, 0.3) is 5.01 Å². The van der Waals surface area contributed by atoms with Crippen molar-refractivity contribution in [1.29, 1.82) is 0 Å². The fraction of sp³-hybridized carbons (Fsp3) is 0.190. The van der Waals surface area contributed by atoms with Crippen LogP contribution in [0, 0.1) is 13.8 Å². The van der Waals surface area contributed by atoms with E-state index in [1.807, 2.05) is 46.0 Å². The highest BCUT2D eigenvalue weighted by atomic mass is 33.1. The van der Waals surface area contributed by atoms with Crippen molar-refractivity contribution in [2.45, 2.75) is 31.8 Å². The highest BCUT2D eigenvalue weighted by Crippen LogP contribution is 2.32. The fourth-order valence-electron chi connectivity index (χ4n) is 6.63. The van der Waals surface area contributed by atoms with Crippen molar-refractivity contribution >= 4 is 100.0 Å². The molecule has 0 aliphatic carbocycles. The van der Waals surface area contributed by atoms with Crippen LogP contribution in [0.3, 0.4) is 0 Å². The van der Waals surface area contributed by atoms with Gasteiger partial charge in [-0.1, -0.05) is 111 Å². The summed E-state index contributed by atoms with van der Waals surface area (Å²) in [5.41, 5.74) is 9.08. The van der Waals surface area contributed by atoms with Crippen LogP contribution < -0.4 is 4.57 Å². The fourth-order valence-corrected chi connectivity index (χ4v) is 10.3. The topological polar surface area (TPSA) is 26.1 Å². The molecule has 0 amide bonds. The molecule has 7 aromatic rings. The van der Waals surface area contributed by atoms with Gasteiger partial charge in [-0.15, -0.1) is 0 Å². The van der Waals surface area contributed by atoms with Gasteiger partial charge < -0.3 is 9.13 Å². The van der Waals surface area contributed by atoms with Gasteiger partial charge in [0, 0.05) is 93.0 Å². The molecule has 0 radical (unpaired) electrons. The molecule has 4 nitrogen and oxygen atoms in total. The molecular formula is C42H41N4S4+. The molecule has 252 valence electrons. The Balaban J connectivity index is 0.998. The number of rotatable bonds is 12. The standard InChI is InChI=1S/C42H41N4S4/c1-30-33(22-24-41(43-3)49-32-14-6-5-7-15-32)35-16-8-10-18-37(35)45(30)26-28-47-48-29-27-46-31(2)34(36-17-9-11-19-38(36)46)23-25-42-44(4)39-20-12-13-21-40(39)50-42/h5-25H,26-29H2,1-4H3/q+1/b24-22+,43-41?. The number of fused-ring (bicyclic) bond motifs is 3. The summed E-state index contributed by atoms with van der Waals surface area (Å²) in [6.07, 6.45) is 8.98. The van der Waals surface area contributed by atoms with Gasteiger partial charge in [0.1, 0.15) is 11.7 Å². The Kier molecular flexibility index (Phi) is 11.0. The number of nitrogens with zero attached hydrogens (tertiary/aromatic N) is 4. The van der Waals surface area contributed by atoms with Gasteiger partial charge in [-0.25, -0.2) is 0 Å². The van der Waals surface area contributed by atoms with E-state index >= 15 is 0 Å². The van der Waals surface area contributed by atoms with Crippen LogP contribution in [0.4, 0.5) is 0 Å². The van der Waals surface area contributed by atoms with Crippen LogP contribution in [0.1, 0.15) is 27.5 Å². The molecule has 0 N–H and O–H groups in total. The predicted molar refractivity (Wildman–Crippen MR) is 225 cm³/mol. The van der Waals surface area contributed by atoms with Crippen LogP contribution in [0.15, 0.2) is 119 Å². The minimum absolute atomic E-state index is 0.973. The number of aryl methyl sites for hydroxylation is 3. The Bertz CT molecular complexity index is 2360. The second kappa shape index (κ2) is 15.9. The Morgan fingerprint density at radius 3 is 1.88 bits per heavy atom. The number of para-hydroxylation sites is 3. The minimum Gasteiger partial charge on any atom is -0.343 e. The predicted octanol–water partition coefficient (Wildman–Crippen LogP) is 11.3. The van der Waals surface area contributed by atoms with E-state index in [1.54, 1.807) is 11.8 Å². The van der Waals surface area contributed by atoms with Gasteiger partial charge >= 0.3 is 0 Å². The van der Waals surface area contributed by atoms with Crippen LogP contribution >= 0.6 is 44.7 Å². The molecule has 50 heavy (non-hydrogen) atoms. The molecule has 0 fully saturated rings. The van der Waals surface area contributed by atoms with Crippen molar-refractivity contribution in [2.24, 2.45) is 12.0 Å². The maximum atomic E-state index is 4.54. The molecule has 0 unspecified atom stereocenters. The van der Waals surface area contributed by atoms with Crippen molar-refractivity contribution in [2.75, 3.05) is 18.6 Å². The van der Waals surface area contributed by atoms with E-state index in [-0.39, 0.29) is 0 Å². The highest BCUT2D eigenvalue weighted by Gasteiger charge is 2.16. The number of thiazole rings is 1. The van der Waals surface area contributed by atoms with Gasteiger partial charge in [-0.05, 0) is 62.4 Å². The van der Waals surface area contributed by atoms with Crippen LogP contribution in [-0.2, 0) is 20.1 Å². The lowest BCUT2D eigenvalue weighted by atomic mass is 10.1. The third-order valence-electron chi connectivity index (χ3n) is 9.18. The monoisotopic (exact) mass is 729 g/mol. The molecule has 0 aliphatic rings. The lowest BCUT2D eigenvalue weighted by Gasteiger charge is -2.10. The second-order valence-corrected chi connectivity index (χ2v) is 16.9. The van der Waals surface area contributed by atoms with Gasteiger partial charge in [0.05, 0.1) is 5.04 Å². The first-order valence-corrected chi connectivity index (χ1v) is 21.0. The molecule has 0 aliphatic heterocycles. The van der Waals surface area contributed by atoms with E-state index in [0.717, 1.165) is 29.6 Å². The molecule has 3 heterocycles. The number of aromatic nitrogens is 3. The van der Waals surface area contributed by atoms with Gasteiger partial charge in [-0.3, -0.25) is 4.99 Å². The third-order valence-corrected chi connectivity index (χ3v) is 13.8. The van der Waals surface area contributed by atoms with Crippen LogP contribution in [-0.4, -0.2) is 32.7 Å². The molecule has 0 atom stereocenters. The first kappa shape index (κ1) is 34.5. The Labute approximate surface area is 311 Å². The largest absolute Gasteiger partial charge is 0.343 e. The van der Waals surface area contributed by atoms with E-state index < -0.39 is 0 Å². The van der Waals surface area contributed by atoms with Crippen molar-refractivity contribution in [3.8, 4) is 0 Å². The number of hydrogen-bond donors (Lipinski definition) is 0. The maximum Gasteiger partial charge on any atom is 0.262 e. The average molecular weight is 730 g/mol. The molecule has 4 aromatic carbocycles. The average Bonchev–Trinajstić information content (AvgIpc) is 3.72. The maximum absolute atomic E-state index is 4.54. The number of hydrogen-bond acceptors (Lipinski definition) is 5. The third kappa shape index (κ3) is 7.26. The van der Waals surface area contributed by atoms with Crippen molar-refractivity contribution in [3.63, 3.8) is 0 Å². The summed E-state index contributed by atoms with van der Waals surface area (Å²) in [5, 5.41) is 4.86. The molecule has 7 rings (SSSR count). The number of benzene rings is 4. The van der Waals surface area contributed by atoms with Crippen LogP contribution in [0.25, 0.3) is 50.3 Å². The first-order chi connectivity index (χ1) is 24.5. The van der Waals surface area contributed by atoms with Crippen molar-refractivity contribution in [3.05, 3.63) is 137 Å². The minimum atomic E-state index is 0.973. The van der Waals surface area contributed by atoms with Crippen molar-refractivity contribution in [1.82, 2.24) is 9.13 Å². The van der Waals surface area contributed by atoms with Crippen LogP contribution in [0.5, 0.6) is 0 Å². The number of thioether (sulfide) groups is 1. The van der Waals surface area contributed by atoms with E-state index in [9.17, 15) is 0 Å². The summed E-state index contributed by atoms with van der Waals surface area (Å²) < 4.78 is 8.58. The smallest absolute Gasteiger partial charge is 0.262 e. The van der Waals surface area contributed by atoms with Gasteiger partial charge in [0.15, 0.2) is 0 Å². The van der Waals surface area contributed by atoms with Gasteiger partial charge in [0.2, 0.25) is 5.52 Å². The van der Waals surface area contributed by atoms with E-state index in [0.29, 0.717) is 0 Å². The second-order valence-electron chi connectivity index (χ2n) is 12.1. The lowest BCUT2D eigenvalue weighted by molar-refractivity contribution is -0.642. The van der Waals surface area contributed by atoms with E-state index in [2.05, 4.69) is 161 Å². The molecule has 0 saturated heterocycles. The summed E-state index contributed by atoms with van der Waals surface area (Å²) >= 11 is 3.54. The summed E-state index contributed by atoms with van der Waals surface area (Å²) in [7, 11) is 7.97. The zero-order valence-corrected chi connectivity index (χ0v) is 32.1. The molecular weight excluding hydrogens is 689 g/mol. The Morgan fingerprint density at radius 2 is 1.26 bits per heavy atom. The zero-order chi connectivity index (χ0) is 34.5. The van der Waals surface area contributed by atoms with Gasteiger partial charge in [-0.2, -0.15) is 4.57 Å². The summed E-state index contributed by atoms with van der Waals surface area (Å²) in [6, 6.07) is 36.7. The number of aliphatic imine (C=N–C) groups is 1. The molecule has 0 spiro atoms. The summed E-state index contributed by atoms with van der Waals surface area (Å²) in [5.74, 6) is 2.10. The summed E-state index contributed by atoms with van der Waals surface area (Å²) in [4.78, 5) is 5.74. The normalized spacial score (nSPS) is 12.5. The van der Waals surface area contributed by atoms with Crippen LogP contribution in [0.2, 0.25) is 0 Å². The Morgan fingerprint density at radius 1 is 0.700 bits per heavy atom. The molecule has 3 aromatic heterocycles. The molecule has 0 bridgehead atoms. The first-order valence-electron chi connectivity index (χ1n) is 16.9. The highest BCUT2D eigenvalue weighted by molar-refractivity contribution is 8.76. The quantitative estimate of drug-likeness (QED) is 0.0313. The molecule has 8 heteroatoms. The summed E-state index contributed by atoms with van der Waals surface area (Å²) in [6.45, 7) is 6.47. The molecule has 0 saturated carbocycles. The van der Waals surface area contributed by atoms with Crippen molar-refractivity contribution < 1.29 is 4.57 Å².